The second-order valence-corrected chi connectivity index (χ2v) is 15.4. The van der Waals surface area contributed by atoms with Gasteiger partial charge in [-0.3, -0.25) is 0 Å². The van der Waals surface area contributed by atoms with Gasteiger partial charge >= 0.3 is 0 Å². The molecule has 0 N–H and O–H groups in total. The molecule has 57 heavy (non-hydrogen) atoms. The predicted molar refractivity (Wildman–Crippen MR) is 238 cm³/mol. The van der Waals surface area contributed by atoms with Crippen molar-refractivity contribution in [3.63, 3.8) is 0 Å². The highest BCUT2D eigenvalue weighted by atomic mass is 14.9. The van der Waals surface area contributed by atoms with Crippen molar-refractivity contribution in [2.45, 2.75) is 19.3 Å². The Labute approximate surface area is 334 Å². The van der Waals surface area contributed by atoms with E-state index in [1.54, 1.807) is 0 Å². The largest absolute Gasteiger partial charge is 0.228 e. The van der Waals surface area contributed by atoms with E-state index in [4.69, 9.17) is 9.97 Å². The van der Waals surface area contributed by atoms with Crippen LogP contribution in [0.2, 0.25) is 0 Å². The van der Waals surface area contributed by atoms with Gasteiger partial charge in [0.2, 0.25) is 0 Å². The molecule has 0 unspecified atom stereocenters. The standard InChI is InChI=1S/C55H40N2/c1-55(2)50-25-10-9-22-48(50)49-24-13-23-47(53(49)55)41-30-26-40(27-31-41)44-19-12-21-46(35-44)54-56-51(42-32-28-39(29-33-42)37-14-5-3-6-15-37)36-52(57-54)45-20-11-18-43(34-45)38-16-7-4-8-17-38/h3-36H,1-2H3. The average molecular weight is 729 g/mol. The fourth-order valence-corrected chi connectivity index (χ4v) is 8.59. The van der Waals surface area contributed by atoms with Crippen LogP contribution in [0.15, 0.2) is 206 Å². The van der Waals surface area contributed by atoms with Crippen molar-refractivity contribution in [1.82, 2.24) is 9.97 Å². The van der Waals surface area contributed by atoms with Gasteiger partial charge in [0.1, 0.15) is 0 Å². The third-order valence-electron chi connectivity index (χ3n) is 11.5. The maximum absolute atomic E-state index is 5.24. The summed E-state index contributed by atoms with van der Waals surface area (Å²) in [5, 5.41) is 0. The molecule has 1 aromatic heterocycles. The summed E-state index contributed by atoms with van der Waals surface area (Å²) in [7, 11) is 0. The van der Waals surface area contributed by atoms with Crippen LogP contribution in [-0.4, -0.2) is 9.97 Å². The third kappa shape index (κ3) is 6.36. The first-order valence-corrected chi connectivity index (χ1v) is 19.6. The summed E-state index contributed by atoms with van der Waals surface area (Å²) in [6.45, 7) is 4.70. The number of rotatable bonds is 7. The Hall–Kier alpha value is -7.16. The number of aromatic nitrogens is 2. The molecule has 0 radical (unpaired) electrons. The van der Waals surface area contributed by atoms with Crippen LogP contribution in [0.25, 0.3) is 89.5 Å². The van der Waals surface area contributed by atoms with Crippen molar-refractivity contribution in [2.24, 2.45) is 0 Å². The fourth-order valence-electron chi connectivity index (χ4n) is 8.59. The van der Waals surface area contributed by atoms with Gasteiger partial charge in [-0.1, -0.05) is 202 Å². The fraction of sp³-hybridized carbons (Fsp3) is 0.0545. The van der Waals surface area contributed by atoms with E-state index in [-0.39, 0.29) is 5.41 Å². The summed E-state index contributed by atoms with van der Waals surface area (Å²) >= 11 is 0. The Balaban J connectivity index is 1.03. The molecule has 0 bridgehead atoms. The molecule has 8 aromatic carbocycles. The summed E-state index contributed by atoms with van der Waals surface area (Å²) in [4.78, 5) is 10.5. The summed E-state index contributed by atoms with van der Waals surface area (Å²) in [5.74, 6) is 0.694. The lowest BCUT2D eigenvalue weighted by molar-refractivity contribution is 0.662. The molecule has 9 aromatic rings. The quantitative estimate of drug-likeness (QED) is 0.163. The van der Waals surface area contributed by atoms with Gasteiger partial charge in [-0.15, -0.1) is 0 Å². The number of fused-ring (bicyclic) bond motifs is 3. The summed E-state index contributed by atoms with van der Waals surface area (Å²) in [5.41, 5.74) is 19.7. The first-order valence-electron chi connectivity index (χ1n) is 19.6. The third-order valence-corrected chi connectivity index (χ3v) is 11.5. The number of hydrogen-bond donors (Lipinski definition) is 0. The van der Waals surface area contributed by atoms with Gasteiger partial charge in [-0.25, -0.2) is 9.97 Å². The SMILES string of the molecule is CC1(C)c2ccccc2-c2cccc(-c3ccc(-c4cccc(-c5nc(-c6ccc(-c7ccccc7)cc6)cc(-c6cccc(-c7ccccc7)c6)n5)c4)cc3)c21. The molecular formula is C55H40N2. The number of benzene rings is 8. The second kappa shape index (κ2) is 14.2. The van der Waals surface area contributed by atoms with Gasteiger partial charge in [0.25, 0.3) is 0 Å². The topological polar surface area (TPSA) is 25.8 Å². The van der Waals surface area contributed by atoms with Gasteiger partial charge in [-0.05, 0) is 85.0 Å². The van der Waals surface area contributed by atoms with Crippen molar-refractivity contribution in [2.75, 3.05) is 0 Å². The molecule has 0 fully saturated rings. The van der Waals surface area contributed by atoms with E-state index >= 15 is 0 Å². The van der Waals surface area contributed by atoms with Crippen molar-refractivity contribution in [3.05, 3.63) is 217 Å². The predicted octanol–water partition coefficient (Wildman–Crippen LogP) is 14.5. The molecule has 2 nitrogen and oxygen atoms in total. The Bertz CT molecular complexity index is 2890. The highest BCUT2D eigenvalue weighted by molar-refractivity contribution is 5.88. The molecule has 1 aliphatic rings. The van der Waals surface area contributed by atoms with Crippen molar-refractivity contribution in [3.8, 4) is 89.5 Å². The van der Waals surface area contributed by atoms with Gasteiger partial charge in [-0.2, -0.15) is 0 Å². The zero-order chi connectivity index (χ0) is 38.3. The van der Waals surface area contributed by atoms with Crippen LogP contribution < -0.4 is 0 Å². The second-order valence-electron chi connectivity index (χ2n) is 15.4. The lowest BCUT2D eigenvalue weighted by Crippen LogP contribution is -2.16. The molecular weight excluding hydrogens is 689 g/mol. The van der Waals surface area contributed by atoms with Crippen molar-refractivity contribution < 1.29 is 0 Å². The Morgan fingerprint density at radius 3 is 1.40 bits per heavy atom. The first-order chi connectivity index (χ1) is 28.0. The number of nitrogens with zero attached hydrogens (tertiary/aromatic N) is 2. The van der Waals surface area contributed by atoms with Gasteiger partial charge in [0, 0.05) is 22.1 Å². The summed E-state index contributed by atoms with van der Waals surface area (Å²) in [6.07, 6.45) is 0. The molecule has 10 rings (SSSR count). The van der Waals surface area contributed by atoms with E-state index in [9.17, 15) is 0 Å². The summed E-state index contributed by atoms with van der Waals surface area (Å²) in [6, 6.07) is 73.7. The molecule has 1 aliphatic carbocycles. The minimum atomic E-state index is -0.0737. The van der Waals surface area contributed by atoms with E-state index in [0.29, 0.717) is 5.82 Å². The smallest absolute Gasteiger partial charge is 0.160 e. The molecule has 270 valence electrons. The zero-order valence-electron chi connectivity index (χ0n) is 32.0. The molecule has 0 saturated carbocycles. The molecule has 2 heteroatoms. The van der Waals surface area contributed by atoms with E-state index in [1.165, 1.54) is 50.1 Å². The normalized spacial score (nSPS) is 12.5. The Morgan fingerprint density at radius 1 is 0.298 bits per heavy atom. The highest BCUT2D eigenvalue weighted by Crippen LogP contribution is 2.52. The molecule has 0 aliphatic heterocycles. The van der Waals surface area contributed by atoms with E-state index in [0.717, 1.165) is 44.8 Å². The minimum Gasteiger partial charge on any atom is -0.228 e. The average Bonchev–Trinajstić information content (AvgIpc) is 3.53. The van der Waals surface area contributed by atoms with Gasteiger partial charge in [0.05, 0.1) is 11.4 Å². The molecule has 0 spiro atoms. The highest BCUT2D eigenvalue weighted by Gasteiger charge is 2.37. The van der Waals surface area contributed by atoms with Gasteiger partial charge in [0.15, 0.2) is 5.82 Å². The lowest BCUT2D eigenvalue weighted by Gasteiger charge is -2.24. The summed E-state index contributed by atoms with van der Waals surface area (Å²) < 4.78 is 0. The van der Waals surface area contributed by atoms with Crippen LogP contribution in [0.4, 0.5) is 0 Å². The van der Waals surface area contributed by atoms with Crippen LogP contribution >= 0.6 is 0 Å². The molecule has 0 saturated heterocycles. The molecule has 1 heterocycles. The van der Waals surface area contributed by atoms with E-state index in [2.05, 4.69) is 214 Å². The molecule has 0 amide bonds. The van der Waals surface area contributed by atoms with Crippen LogP contribution in [0, 0.1) is 0 Å². The van der Waals surface area contributed by atoms with Crippen LogP contribution in [0.1, 0.15) is 25.0 Å². The van der Waals surface area contributed by atoms with Gasteiger partial charge < -0.3 is 0 Å². The number of hydrogen-bond acceptors (Lipinski definition) is 2. The van der Waals surface area contributed by atoms with E-state index in [1.807, 2.05) is 6.07 Å². The van der Waals surface area contributed by atoms with Crippen LogP contribution in [0.3, 0.4) is 0 Å². The van der Waals surface area contributed by atoms with Crippen molar-refractivity contribution >= 4 is 0 Å². The lowest BCUT2D eigenvalue weighted by atomic mass is 9.79. The zero-order valence-corrected chi connectivity index (χ0v) is 32.0. The first kappa shape index (κ1) is 34.3. The van der Waals surface area contributed by atoms with Crippen molar-refractivity contribution in [1.29, 1.82) is 0 Å². The maximum Gasteiger partial charge on any atom is 0.160 e. The minimum absolute atomic E-state index is 0.0737. The maximum atomic E-state index is 5.24. The van der Waals surface area contributed by atoms with E-state index < -0.39 is 0 Å². The van der Waals surface area contributed by atoms with Crippen LogP contribution in [0.5, 0.6) is 0 Å². The van der Waals surface area contributed by atoms with Crippen LogP contribution in [-0.2, 0) is 5.41 Å². The Morgan fingerprint density at radius 2 is 0.719 bits per heavy atom. The monoisotopic (exact) mass is 728 g/mol. The Kier molecular flexibility index (Phi) is 8.53. The molecule has 0 atom stereocenters.